The minimum absolute atomic E-state index is 0.187. The Hall–Kier alpha value is -3.41. The predicted octanol–water partition coefficient (Wildman–Crippen LogP) is 13.2. The maximum atomic E-state index is 7.19. The van der Waals surface area contributed by atoms with Crippen molar-refractivity contribution in [2.75, 3.05) is 22.9 Å². The predicted molar refractivity (Wildman–Crippen MR) is 235 cm³/mol. The van der Waals surface area contributed by atoms with E-state index in [1.54, 1.807) is 0 Å². The van der Waals surface area contributed by atoms with Gasteiger partial charge in [0.25, 0.3) is 0 Å². The maximum Gasteiger partial charge on any atom is 0.359 e. The zero-order chi connectivity index (χ0) is 38.5. The van der Waals surface area contributed by atoms with E-state index in [0.717, 1.165) is 59.0 Å². The third-order valence-corrected chi connectivity index (χ3v) is 13.4. The van der Waals surface area contributed by atoms with Crippen molar-refractivity contribution in [3.63, 3.8) is 0 Å². The number of ketones is 1. The molecule has 0 radical (unpaired) electrons. The van der Waals surface area contributed by atoms with Crippen molar-refractivity contribution < 1.29 is 4.42 Å². The number of carbonyl (C=O) groups excluding carboxylic acids is 1. The van der Waals surface area contributed by atoms with Crippen LogP contribution < -0.4 is 9.80 Å². The highest BCUT2D eigenvalue weighted by Crippen LogP contribution is 2.50. The first-order chi connectivity index (χ1) is 25.7. The van der Waals surface area contributed by atoms with Gasteiger partial charge in [-0.2, -0.15) is 0 Å². The highest BCUT2D eigenvalue weighted by molar-refractivity contribution is 7.82. The van der Waals surface area contributed by atoms with E-state index in [1.165, 1.54) is 72.2 Å². The molecule has 3 nitrogen and oxygen atoms in total. The largest absolute Gasteiger partial charge is 0.359 e. The van der Waals surface area contributed by atoms with Gasteiger partial charge in [-0.3, -0.25) is 0 Å². The van der Waals surface area contributed by atoms with Crippen LogP contribution in [0.2, 0.25) is 15.1 Å². The van der Waals surface area contributed by atoms with Crippen LogP contribution in [0.1, 0.15) is 85.8 Å². The SMILES string of the molecule is CCN1/C(=C/C=C2\CC/C(=C\C=C3\N(CC)c4ccc(Cl)cc4C3(C)C)C2=[O+]C2=C(C)C=C([SH+]c3ccc(Cl)cc3)CC2C)C(C)(C)c2cc(Cl)ccc21. The molecule has 1 atom stereocenters. The van der Waals surface area contributed by atoms with Gasteiger partial charge in [-0.25, -0.2) is 4.42 Å². The molecule has 7 heteroatoms. The fraction of sp³-hybridized carbons (Fsp3) is 0.340. The van der Waals surface area contributed by atoms with Crippen molar-refractivity contribution in [3.8, 4) is 0 Å². The summed E-state index contributed by atoms with van der Waals surface area (Å²) >= 11 is 20.4. The van der Waals surface area contributed by atoms with E-state index in [0.29, 0.717) is 0 Å². The molecule has 3 aromatic carbocycles. The molecule has 2 heterocycles. The number of allylic oxidation sites excluding steroid dienone is 12. The average molecular weight is 798 g/mol. The van der Waals surface area contributed by atoms with E-state index in [2.05, 4.69) is 132 Å². The van der Waals surface area contributed by atoms with Gasteiger partial charge in [-0.05, 0) is 137 Å². The third kappa shape index (κ3) is 7.20. The highest BCUT2D eigenvalue weighted by Gasteiger charge is 2.42. The lowest BCUT2D eigenvalue weighted by Gasteiger charge is -2.26. The Morgan fingerprint density at radius 3 is 1.67 bits per heavy atom. The topological polar surface area (TPSA) is 17.8 Å². The van der Waals surface area contributed by atoms with Crippen LogP contribution in [0.3, 0.4) is 0 Å². The minimum Gasteiger partial charge on any atom is -0.344 e. The van der Waals surface area contributed by atoms with Gasteiger partial charge in [0.2, 0.25) is 0 Å². The van der Waals surface area contributed by atoms with Crippen molar-refractivity contribution in [2.45, 2.75) is 90.4 Å². The van der Waals surface area contributed by atoms with Crippen LogP contribution in [-0.4, -0.2) is 18.9 Å². The molecule has 1 saturated carbocycles. The van der Waals surface area contributed by atoms with Crippen LogP contribution in [0.4, 0.5) is 11.4 Å². The Labute approximate surface area is 341 Å². The summed E-state index contributed by atoms with van der Waals surface area (Å²) in [5.74, 6) is 2.27. The highest BCUT2D eigenvalue weighted by atomic mass is 35.5. The first kappa shape index (κ1) is 38.8. The lowest BCUT2D eigenvalue weighted by molar-refractivity contribution is -0.407. The normalized spacial score (nSPS) is 23.3. The molecule has 0 N–H and O–H groups in total. The Morgan fingerprint density at radius 2 is 1.20 bits per heavy atom. The van der Waals surface area contributed by atoms with Crippen LogP contribution in [0, 0.1) is 5.92 Å². The molecular formula is C47H51Cl3N2OS+2. The van der Waals surface area contributed by atoms with E-state index in [4.69, 9.17) is 39.2 Å². The smallest absolute Gasteiger partial charge is 0.344 e. The molecule has 2 aliphatic heterocycles. The zero-order valence-electron chi connectivity index (χ0n) is 32.7. The number of hydrogen-bond donors (Lipinski definition) is 0. The number of anilines is 2. The number of thiol groups is 1. The molecule has 0 amide bonds. The average Bonchev–Trinajstić information content (AvgIpc) is 3.68. The summed E-state index contributed by atoms with van der Waals surface area (Å²) in [7, 11) is 0. The zero-order valence-corrected chi connectivity index (χ0v) is 35.8. The van der Waals surface area contributed by atoms with Crippen LogP contribution in [0.15, 0.2) is 135 Å². The molecule has 280 valence electrons. The van der Waals surface area contributed by atoms with Gasteiger partial charge in [0.05, 0.1) is 22.6 Å². The summed E-state index contributed by atoms with van der Waals surface area (Å²) in [6, 6.07) is 20.7. The molecule has 54 heavy (non-hydrogen) atoms. The second-order valence-electron chi connectivity index (χ2n) is 15.9. The molecule has 7 rings (SSSR count). The summed E-state index contributed by atoms with van der Waals surface area (Å²) in [6.07, 6.45) is 14.4. The number of benzene rings is 3. The van der Waals surface area contributed by atoms with E-state index in [9.17, 15) is 0 Å². The second kappa shape index (κ2) is 15.3. The molecule has 1 fully saturated rings. The summed E-state index contributed by atoms with van der Waals surface area (Å²) in [6.45, 7) is 19.9. The molecule has 0 aromatic heterocycles. The van der Waals surface area contributed by atoms with Crippen molar-refractivity contribution >= 4 is 63.7 Å². The van der Waals surface area contributed by atoms with Gasteiger partial charge in [-0.1, -0.05) is 62.5 Å². The first-order valence-corrected chi connectivity index (χ1v) is 21.2. The molecule has 1 unspecified atom stereocenters. The maximum absolute atomic E-state index is 7.19. The molecule has 2 aliphatic carbocycles. The summed E-state index contributed by atoms with van der Waals surface area (Å²) < 4.78 is 7.19. The number of halogens is 3. The van der Waals surface area contributed by atoms with E-state index < -0.39 is 0 Å². The van der Waals surface area contributed by atoms with Gasteiger partial charge in [0.1, 0.15) is 4.91 Å². The summed E-state index contributed by atoms with van der Waals surface area (Å²) in [5.41, 5.74) is 10.8. The molecule has 0 saturated heterocycles. The van der Waals surface area contributed by atoms with Gasteiger partial charge < -0.3 is 9.80 Å². The van der Waals surface area contributed by atoms with Gasteiger partial charge >= 0.3 is 11.5 Å². The summed E-state index contributed by atoms with van der Waals surface area (Å²) in [4.78, 5) is 7.48. The van der Waals surface area contributed by atoms with Crippen molar-refractivity contribution in [1.82, 2.24) is 0 Å². The fourth-order valence-corrected chi connectivity index (χ4v) is 10.4. The number of hydrogen-bond acceptors (Lipinski definition) is 2. The number of rotatable bonds is 7. The van der Waals surface area contributed by atoms with Crippen LogP contribution in [0.5, 0.6) is 0 Å². The number of likely N-dealkylation sites (N-methyl/N-ethyl adjacent to an activating group) is 2. The van der Waals surface area contributed by atoms with E-state index in [1.807, 2.05) is 24.3 Å². The lowest BCUT2D eigenvalue weighted by Crippen LogP contribution is -2.25. The Kier molecular flexibility index (Phi) is 11.0. The lowest BCUT2D eigenvalue weighted by atomic mass is 9.83. The first-order valence-electron chi connectivity index (χ1n) is 19.1. The van der Waals surface area contributed by atoms with Crippen LogP contribution in [-0.2, 0) is 27.0 Å². The van der Waals surface area contributed by atoms with Gasteiger partial charge in [0.15, 0.2) is 4.90 Å². The quantitative estimate of drug-likeness (QED) is 0.135. The molecular weight excluding hydrogens is 747 g/mol. The molecule has 3 aromatic rings. The number of fused-ring (bicyclic) bond motifs is 2. The van der Waals surface area contributed by atoms with Crippen LogP contribution in [0.25, 0.3) is 0 Å². The summed E-state index contributed by atoms with van der Waals surface area (Å²) in [5, 5.41) is 2.31. The Balaban J connectivity index is 1.31. The van der Waals surface area contributed by atoms with Crippen LogP contribution >= 0.6 is 34.8 Å². The van der Waals surface area contributed by atoms with Crippen molar-refractivity contribution in [1.29, 1.82) is 0 Å². The third-order valence-electron chi connectivity index (χ3n) is 11.5. The second-order valence-corrected chi connectivity index (χ2v) is 18.5. The van der Waals surface area contributed by atoms with Crippen molar-refractivity contribution in [2.24, 2.45) is 5.92 Å². The fourth-order valence-electron chi connectivity index (χ4n) is 8.71. The van der Waals surface area contributed by atoms with E-state index >= 15 is 0 Å². The number of nitrogens with zero attached hydrogens (tertiary/aromatic N) is 2. The molecule has 0 spiro atoms. The van der Waals surface area contributed by atoms with Gasteiger partial charge in [0, 0.05) is 86.0 Å². The standard InChI is InChI=1S/C47H50Cl3N2OS/c1-9-51-40-21-17-34(49)27-38(40)46(5,6)42(51)23-13-31-11-12-32(14-24-43-47(7,8)39-28-35(50)18-22-41(39)52(43)10-2)45(31)53-44-29(3)25-37(26-30(44)4)54-36-19-15-33(48)16-20-36/h13-25,27-28,30H,9-12,26H2,1-8H3/q+1/p+1/b31-13+,32-14+,42-23+,43-24+. The van der Waals surface area contributed by atoms with Gasteiger partial charge in [-0.15, -0.1) is 0 Å². The Morgan fingerprint density at radius 1 is 0.722 bits per heavy atom. The molecule has 0 bridgehead atoms. The Bertz CT molecular complexity index is 2110. The van der Waals surface area contributed by atoms with E-state index in [-0.39, 0.29) is 16.7 Å². The monoisotopic (exact) mass is 796 g/mol. The molecule has 4 aliphatic rings. The minimum atomic E-state index is -0.187. The van der Waals surface area contributed by atoms with Crippen molar-refractivity contribution in [3.05, 3.63) is 156 Å².